The van der Waals surface area contributed by atoms with Crippen molar-refractivity contribution in [2.45, 2.75) is 26.7 Å². The Bertz CT molecular complexity index is 646. The van der Waals surface area contributed by atoms with Gasteiger partial charge in [-0.2, -0.15) is 0 Å². The molecule has 0 spiro atoms. The monoisotopic (exact) mass is 287 g/mol. The summed E-state index contributed by atoms with van der Waals surface area (Å²) in [5.74, 6) is -0.0412. The minimum Gasteiger partial charge on any atom is -0.358 e. The third kappa shape index (κ3) is 4.08. The SMILES string of the molecule is CC(=O)NCCc1[nH]c2ccccc2c1CCNC(C)=O. The van der Waals surface area contributed by atoms with Crippen molar-refractivity contribution in [3.05, 3.63) is 35.5 Å². The van der Waals surface area contributed by atoms with E-state index in [9.17, 15) is 9.59 Å². The summed E-state index contributed by atoms with van der Waals surface area (Å²) >= 11 is 0. The van der Waals surface area contributed by atoms with E-state index in [-0.39, 0.29) is 11.8 Å². The average Bonchev–Trinajstić information content (AvgIpc) is 2.76. The van der Waals surface area contributed by atoms with Crippen LogP contribution in [0.4, 0.5) is 0 Å². The van der Waals surface area contributed by atoms with Crippen LogP contribution in [-0.4, -0.2) is 29.9 Å². The van der Waals surface area contributed by atoms with Gasteiger partial charge in [0, 0.05) is 50.0 Å². The summed E-state index contributed by atoms with van der Waals surface area (Å²) in [5.41, 5.74) is 3.42. The molecule has 5 nitrogen and oxygen atoms in total. The molecule has 1 heterocycles. The van der Waals surface area contributed by atoms with Gasteiger partial charge >= 0.3 is 0 Å². The zero-order valence-corrected chi connectivity index (χ0v) is 12.5. The van der Waals surface area contributed by atoms with Gasteiger partial charge in [0.1, 0.15) is 0 Å². The summed E-state index contributed by atoms with van der Waals surface area (Å²) in [6, 6.07) is 8.12. The lowest BCUT2D eigenvalue weighted by Crippen LogP contribution is -2.24. The molecule has 0 radical (unpaired) electrons. The highest BCUT2D eigenvalue weighted by atomic mass is 16.1. The third-order valence-electron chi connectivity index (χ3n) is 3.40. The summed E-state index contributed by atoms with van der Waals surface area (Å²) < 4.78 is 0. The summed E-state index contributed by atoms with van der Waals surface area (Å²) in [6.07, 6.45) is 1.53. The molecule has 2 aromatic rings. The molecule has 2 amide bonds. The van der Waals surface area contributed by atoms with Gasteiger partial charge < -0.3 is 15.6 Å². The Labute approximate surface area is 124 Å². The van der Waals surface area contributed by atoms with E-state index in [1.165, 1.54) is 24.8 Å². The smallest absolute Gasteiger partial charge is 0.216 e. The molecule has 0 bridgehead atoms. The minimum atomic E-state index is -0.0223. The van der Waals surface area contributed by atoms with Gasteiger partial charge in [0.2, 0.25) is 11.8 Å². The Balaban J connectivity index is 2.16. The van der Waals surface area contributed by atoms with Crippen molar-refractivity contribution in [3.63, 3.8) is 0 Å². The quantitative estimate of drug-likeness (QED) is 0.753. The van der Waals surface area contributed by atoms with E-state index in [1.807, 2.05) is 18.2 Å². The van der Waals surface area contributed by atoms with Gasteiger partial charge in [-0.25, -0.2) is 0 Å². The number of hydrogen-bond acceptors (Lipinski definition) is 2. The third-order valence-corrected chi connectivity index (χ3v) is 3.40. The fraction of sp³-hybridized carbons (Fsp3) is 0.375. The molecule has 3 N–H and O–H groups in total. The molecule has 0 saturated carbocycles. The lowest BCUT2D eigenvalue weighted by molar-refractivity contribution is -0.119. The van der Waals surface area contributed by atoms with Crippen molar-refractivity contribution in [3.8, 4) is 0 Å². The molecule has 1 aromatic carbocycles. The van der Waals surface area contributed by atoms with Crippen molar-refractivity contribution in [1.82, 2.24) is 15.6 Å². The molecule has 21 heavy (non-hydrogen) atoms. The Hall–Kier alpha value is -2.30. The molecule has 5 heteroatoms. The van der Waals surface area contributed by atoms with Crippen LogP contribution >= 0.6 is 0 Å². The second-order valence-electron chi connectivity index (χ2n) is 5.09. The molecule has 0 atom stereocenters. The Morgan fingerprint density at radius 1 is 1.00 bits per heavy atom. The number of hydrogen-bond donors (Lipinski definition) is 3. The number of fused-ring (bicyclic) bond motifs is 1. The van der Waals surface area contributed by atoms with E-state index in [0.29, 0.717) is 13.1 Å². The van der Waals surface area contributed by atoms with Crippen molar-refractivity contribution in [2.24, 2.45) is 0 Å². The summed E-state index contributed by atoms with van der Waals surface area (Å²) in [6.45, 7) is 4.26. The maximum Gasteiger partial charge on any atom is 0.216 e. The first-order chi connectivity index (χ1) is 10.1. The van der Waals surface area contributed by atoms with E-state index in [1.54, 1.807) is 0 Å². The number of aromatic amines is 1. The van der Waals surface area contributed by atoms with Gasteiger partial charge in [-0.15, -0.1) is 0 Å². The zero-order chi connectivity index (χ0) is 15.2. The summed E-state index contributed by atoms with van der Waals surface area (Å²) in [5, 5.41) is 6.82. The van der Waals surface area contributed by atoms with Gasteiger partial charge in [0.15, 0.2) is 0 Å². The maximum absolute atomic E-state index is 11.0. The highest BCUT2D eigenvalue weighted by molar-refractivity contribution is 5.84. The largest absolute Gasteiger partial charge is 0.358 e. The first-order valence-corrected chi connectivity index (χ1v) is 7.15. The number of amides is 2. The van der Waals surface area contributed by atoms with Crippen LogP contribution in [-0.2, 0) is 22.4 Å². The zero-order valence-electron chi connectivity index (χ0n) is 12.5. The van der Waals surface area contributed by atoms with Crippen LogP contribution in [0.5, 0.6) is 0 Å². The second kappa shape index (κ2) is 6.92. The van der Waals surface area contributed by atoms with Gasteiger partial charge in [-0.1, -0.05) is 18.2 Å². The predicted molar refractivity (Wildman–Crippen MR) is 83.1 cm³/mol. The summed E-state index contributed by atoms with van der Waals surface area (Å²) in [7, 11) is 0. The molecule has 0 aliphatic carbocycles. The van der Waals surface area contributed by atoms with Crippen molar-refractivity contribution >= 4 is 22.7 Å². The van der Waals surface area contributed by atoms with E-state index >= 15 is 0 Å². The fourth-order valence-corrected chi connectivity index (χ4v) is 2.48. The molecule has 112 valence electrons. The van der Waals surface area contributed by atoms with E-state index in [0.717, 1.165) is 24.1 Å². The number of carbonyl (C=O) groups is 2. The van der Waals surface area contributed by atoms with Gasteiger partial charge in [0.25, 0.3) is 0 Å². The van der Waals surface area contributed by atoms with Crippen LogP contribution in [0.25, 0.3) is 10.9 Å². The molecule has 2 rings (SSSR count). The van der Waals surface area contributed by atoms with Gasteiger partial charge in [-0.3, -0.25) is 9.59 Å². The first kappa shape index (κ1) is 15.1. The first-order valence-electron chi connectivity index (χ1n) is 7.15. The number of benzene rings is 1. The average molecular weight is 287 g/mol. The van der Waals surface area contributed by atoms with E-state index < -0.39 is 0 Å². The van der Waals surface area contributed by atoms with Crippen LogP contribution in [0.15, 0.2) is 24.3 Å². The van der Waals surface area contributed by atoms with Crippen LogP contribution in [0, 0.1) is 0 Å². The number of rotatable bonds is 6. The molecular weight excluding hydrogens is 266 g/mol. The van der Waals surface area contributed by atoms with Gasteiger partial charge in [0.05, 0.1) is 0 Å². The number of nitrogens with one attached hydrogen (secondary N) is 3. The standard InChI is InChI=1S/C16H21N3O2/c1-11(20)17-9-7-14-13-5-3-4-6-15(13)19-16(14)8-10-18-12(2)21/h3-6,19H,7-10H2,1-2H3,(H,17,20)(H,18,21). The summed E-state index contributed by atoms with van der Waals surface area (Å²) in [4.78, 5) is 25.4. The molecule has 0 fully saturated rings. The van der Waals surface area contributed by atoms with Gasteiger partial charge in [-0.05, 0) is 18.1 Å². The normalized spacial score (nSPS) is 10.6. The molecule has 1 aromatic heterocycles. The highest BCUT2D eigenvalue weighted by Gasteiger charge is 2.11. The molecule has 0 aliphatic rings. The van der Waals surface area contributed by atoms with Crippen molar-refractivity contribution < 1.29 is 9.59 Å². The number of H-pyrrole nitrogens is 1. The number of para-hydroxylation sites is 1. The number of carbonyl (C=O) groups excluding carboxylic acids is 2. The number of aromatic nitrogens is 1. The molecular formula is C16H21N3O2. The lowest BCUT2D eigenvalue weighted by Gasteiger charge is -2.06. The van der Waals surface area contributed by atoms with Crippen LogP contribution in [0.1, 0.15) is 25.1 Å². The second-order valence-corrected chi connectivity index (χ2v) is 5.09. The van der Waals surface area contributed by atoms with E-state index in [2.05, 4.69) is 21.7 Å². The van der Waals surface area contributed by atoms with Crippen molar-refractivity contribution in [1.29, 1.82) is 0 Å². The lowest BCUT2D eigenvalue weighted by atomic mass is 10.1. The topological polar surface area (TPSA) is 74.0 Å². The molecule has 0 aliphatic heterocycles. The Morgan fingerprint density at radius 3 is 2.29 bits per heavy atom. The minimum absolute atomic E-state index is 0.0189. The predicted octanol–water partition coefficient (Wildman–Crippen LogP) is 1.53. The van der Waals surface area contributed by atoms with E-state index in [4.69, 9.17) is 0 Å². The van der Waals surface area contributed by atoms with Crippen LogP contribution in [0.2, 0.25) is 0 Å². The molecule has 0 saturated heterocycles. The molecule has 0 unspecified atom stereocenters. The highest BCUT2D eigenvalue weighted by Crippen LogP contribution is 2.23. The maximum atomic E-state index is 11.0. The Morgan fingerprint density at radius 2 is 1.62 bits per heavy atom. The van der Waals surface area contributed by atoms with Crippen LogP contribution in [0.3, 0.4) is 0 Å². The Kier molecular flexibility index (Phi) is 4.98. The van der Waals surface area contributed by atoms with Crippen molar-refractivity contribution in [2.75, 3.05) is 13.1 Å². The fourth-order valence-electron chi connectivity index (χ4n) is 2.48. The van der Waals surface area contributed by atoms with Crippen LogP contribution < -0.4 is 10.6 Å².